The normalized spacial score (nSPS) is 14.8. The molecule has 0 amide bonds. The summed E-state index contributed by atoms with van der Waals surface area (Å²) in [6.45, 7) is 6.43. The van der Waals surface area contributed by atoms with Crippen molar-refractivity contribution in [3.63, 3.8) is 0 Å². The van der Waals surface area contributed by atoms with Crippen molar-refractivity contribution in [1.29, 1.82) is 0 Å². The summed E-state index contributed by atoms with van der Waals surface area (Å²) in [6, 6.07) is 12.8. The molecule has 1 saturated heterocycles. The Balaban J connectivity index is 1.88. The van der Waals surface area contributed by atoms with Crippen molar-refractivity contribution in [2.75, 3.05) is 31.3 Å². The van der Waals surface area contributed by atoms with E-state index in [1.807, 2.05) is 51.1 Å². The second kappa shape index (κ2) is 8.60. The highest BCUT2D eigenvalue weighted by molar-refractivity contribution is 5.68. The van der Waals surface area contributed by atoms with Crippen molar-refractivity contribution in [2.45, 2.75) is 19.8 Å². The number of para-hydroxylation sites is 1. The van der Waals surface area contributed by atoms with Crippen molar-refractivity contribution in [3.8, 4) is 5.82 Å². The zero-order valence-electron chi connectivity index (χ0n) is 17.0. The van der Waals surface area contributed by atoms with E-state index in [0.717, 1.165) is 11.5 Å². The van der Waals surface area contributed by atoms with Gasteiger partial charge in [0.25, 0.3) is 0 Å². The van der Waals surface area contributed by atoms with Gasteiger partial charge in [0.1, 0.15) is 11.6 Å². The predicted molar refractivity (Wildman–Crippen MR) is 113 cm³/mol. The van der Waals surface area contributed by atoms with Crippen LogP contribution in [0.4, 0.5) is 17.2 Å². The largest absolute Gasteiger partial charge is 0.379 e. The summed E-state index contributed by atoms with van der Waals surface area (Å²) in [5, 5.41) is 15.8. The number of morpholine rings is 1. The lowest BCUT2D eigenvalue weighted by atomic mass is 10.2. The number of hydrogen-bond acceptors (Lipinski definition) is 7. The fourth-order valence-electron chi connectivity index (χ4n) is 3.54. The van der Waals surface area contributed by atoms with Gasteiger partial charge in [0.05, 0.1) is 23.8 Å². The van der Waals surface area contributed by atoms with E-state index in [1.54, 1.807) is 12.3 Å². The van der Waals surface area contributed by atoms with E-state index in [1.165, 1.54) is 6.07 Å². The highest BCUT2D eigenvalue weighted by Crippen LogP contribution is 2.35. The van der Waals surface area contributed by atoms with E-state index in [2.05, 4.69) is 18.8 Å². The molecule has 1 fully saturated rings. The minimum absolute atomic E-state index is 0.0553. The average molecular weight is 408 g/mol. The Morgan fingerprint density at radius 2 is 1.87 bits per heavy atom. The number of ether oxygens (including phenoxy) is 1. The van der Waals surface area contributed by atoms with Gasteiger partial charge in [0, 0.05) is 37.5 Å². The topological polar surface area (TPSA) is 89.6 Å². The van der Waals surface area contributed by atoms with Crippen molar-refractivity contribution in [3.05, 3.63) is 70.8 Å². The molecule has 1 aromatic carbocycles. The van der Waals surface area contributed by atoms with Crippen LogP contribution in [0.15, 0.2) is 54.9 Å². The summed E-state index contributed by atoms with van der Waals surface area (Å²) in [5.41, 5.74) is 0.752. The molecule has 0 aliphatic carbocycles. The number of imidazole rings is 1. The molecule has 0 bridgehead atoms. The highest BCUT2D eigenvalue weighted by atomic mass is 16.6. The molecule has 0 unspecified atom stereocenters. The summed E-state index contributed by atoms with van der Waals surface area (Å²) < 4.78 is 7.36. The van der Waals surface area contributed by atoms with E-state index in [-0.39, 0.29) is 22.3 Å². The van der Waals surface area contributed by atoms with Crippen molar-refractivity contribution < 1.29 is 9.66 Å². The average Bonchev–Trinajstić information content (AvgIpc) is 3.26. The standard InChI is InChI=1S/C21H24N6O3/c1-16(2)20-22-10-11-25(20)19-9-8-18(27(28)29)21(23-19)26(17-6-4-3-5-7-17)24-12-14-30-15-13-24/h3-11,16H,12-15H2,1-2H3. The first-order valence-corrected chi connectivity index (χ1v) is 9.93. The fraction of sp³-hybridized carbons (Fsp3) is 0.333. The van der Waals surface area contributed by atoms with Crippen LogP contribution in [0.2, 0.25) is 0 Å². The monoisotopic (exact) mass is 408 g/mol. The van der Waals surface area contributed by atoms with Gasteiger partial charge in [-0.1, -0.05) is 32.0 Å². The maximum atomic E-state index is 11.9. The van der Waals surface area contributed by atoms with Crippen LogP contribution in [0.1, 0.15) is 25.6 Å². The second-order valence-corrected chi connectivity index (χ2v) is 7.29. The molecular formula is C21H24N6O3. The van der Waals surface area contributed by atoms with Crippen LogP contribution in [0.3, 0.4) is 0 Å². The van der Waals surface area contributed by atoms with Crippen molar-refractivity contribution in [2.24, 2.45) is 0 Å². The van der Waals surface area contributed by atoms with E-state index >= 15 is 0 Å². The number of hydrogen-bond donors (Lipinski definition) is 0. The molecule has 0 atom stereocenters. The van der Waals surface area contributed by atoms with Gasteiger partial charge in [-0.2, -0.15) is 0 Å². The van der Waals surface area contributed by atoms with Gasteiger partial charge >= 0.3 is 5.69 Å². The van der Waals surface area contributed by atoms with E-state index in [9.17, 15) is 10.1 Å². The predicted octanol–water partition coefficient (Wildman–Crippen LogP) is 3.68. The summed E-state index contributed by atoms with van der Waals surface area (Å²) >= 11 is 0. The van der Waals surface area contributed by atoms with Crippen LogP contribution in [0, 0.1) is 10.1 Å². The first-order chi connectivity index (χ1) is 14.6. The minimum atomic E-state index is -0.389. The van der Waals surface area contributed by atoms with Gasteiger partial charge in [-0.05, 0) is 18.2 Å². The van der Waals surface area contributed by atoms with Gasteiger partial charge in [0.15, 0.2) is 0 Å². The number of hydrazine groups is 1. The molecule has 3 heterocycles. The SMILES string of the molecule is CC(C)c1nccn1-c1ccc([N+](=O)[O-])c(N(c2ccccc2)N2CCOCC2)n1. The van der Waals surface area contributed by atoms with E-state index in [0.29, 0.717) is 32.1 Å². The molecule has 0 radical (unpaired) electrons. The molecule has 3 aromatic rings. The second-order valence-electron chi connectivity index (χ2n) is 7.29. The zero-order chi connectivity index (χ0) is 21.1. The number of nitro groups is 1. The van der Waals surface area contributed by atoms with Gasteiger partial charge in [-0.3, -0.25) is 19.7 Å². The summed E-state index contributed by atoms with van der Waals surface area (Å²) in [6.07, 6.45) is 3.55. The van der Waals surface area contributed by atoms with Crippen molar-refractivity contribution in [1.82, 2.24) is 19.5 Å². The molecular weight excluding hydrogens is 384 g/mol. The van der Waals surface area contributed by atoms with Crippen LogP contribution in [-0.2, 0) is 4.74 Å². The number of anilines is 2. The summed E-state index contributed by atoms with van der Waals surface area (Å²) in [7, 11) is 0. The Morgan fingerprint density at radius 3 is 2.53 bits per heavy atom. The van der Waals surface area contributed by atoms with E-state index in [4.69, 9.17) is 9.72 Å². The van der Waals surface area contributed by atoms with E-state index < -0.39 is 0 Å². The Bertz CT molecular complexity index is 1010. The maximum absolute atomic E-state index is 11.9. The lowest BCUT2D eigenvalue weighted by Crippen LogP contribution is -2.47. The summed E-state index contributed by atoms with van der Waals surface area (Å²) in [5.74, 6) is 1.89. The molecule has 1 aliphatic heterocycles. The number of nitrogens with zero attached hydrogens (tertiary/aromatic N) is 6. The third kappa shape index (κ3) is 3.89. The minimum Gasteiger partial charge on any atom is -0.379 e. The molecule has 0 spiro atoms. The first kappa shape index (κ1) is 20.0. The molecule has 156 valence electrons. The third-order valence-corrected chi connectivity index (χ3v) is 4.94. The molecule has 9 heteroatoms. The smallest absolute Gasteiger partial charge is 0.313 e. The van der Waals surface area contributed by atoms with Gasteiger partial charge in [-0.15, -0.1) is 0 Å². The first-order valence-electron chi connectivity index (χ1n) is 9.93. The number of benzene rings is 1. The zero-order valence-corrected chi connectivity index (χ0v) is 17.0. The Hall–Kier alpha value is -3.30. The molecule has 2 aromatic heterocycles. The third-order valence-electron chi connectivity index (χ3n) is 4.94. The molecule has 0 N–H and O–H groups in total. The van der Waals surface area contributed by atoms with Crippen LogP contribution < -0.4 is 5.01 Å². The lowest BCUT2D eigenvalue weighted by Gasteiger charge is -2.37. The number of rotatable bonds is 6. The van der Waals surface area contributed by atoms with Crippen LogP contribution in [0.5, 0.6) is 0 Å². The fourth-order valence-corrected chi connectivity index (χ4v) is 3.54. The molecule has 30 heavy (non-hydrogen) atoms. The maximum Gasteiger partial charge on any atom is 0.313 e. The van der Waals surface area contributed by atoms with Crippen LogP contribution in [0.25, 0.3) is 5.82 Å². The Labute approximate surface area is 174 Å². The molecule has 9 nitrogen and oxygen atoms in total. The molecule has 4 rings (SSSR count). The van der Waals surface area contributed by atoms with Gasteiger partial charge in [-0.25, -0.2) is 15.0 Å². The summed E-state index contributed by atoms with van der Waals surface area (Å²) in [4.78, 5) is 20.7. The molecule has 0 saturated carbocycles. The highest BCUT2D eigenvalue weighted by Gasteiger charge is 2.29. The van der Waals surface area contributed by atoms with Gasteiger partial charge < -0.3 is 4.74 Å². The van der Waals surface area contributed by atoms with Crippen LogP contribution >= 0.6 is 0 Å². The number of pyridine rings is 1. The molecule has 1 aliphatic rings. The van der Waals surface area contributed by atoms with Crippen LogP contribution in [-0.4, -0.2) is 50.8 Å². The Morgan fingerprint density at radius 1 is 1.13 bits per heavy atom. The number of aromatic nitrogens is 3. The van der Waals surface area contributed by atoms with Crippen molar-refractivity contribution >= 4 is 17.2 Å². The quantitative estimate of drug-likeness (QED) is 0.454. The lowest BCUT2D eigenvalue weighted by molar-refractivity contribution is -0.384. The Kier molecular flexibility index (Phi) is 5.73. The van der Waals surface area contributed by atoms with Gasteiger partial charge in [0.2, 0.25) is 5.82 Å².